The average Bonchev–Trinajstić information content (AvgIpc) is 2.73. The Bertz CT molecular complexity index is 1030. The molecule has 6 nitrogen and oxygen atoms in total. The number of benzene rings is 3. The third-order valence-electron chi connectivity index (χ3n) is 4.48. The number of esters is 1. The highest BCUT2D eigenvalue weighted by Crippen LogP contribution is 2.31. The van der Waals surface area contributed by atoms with Crippen LogP contribution in [0.2, 0.25) is 0 Å². The number of hydrogen-bond donors (Lipinski definition) is 1. The molecule has 0 fully saturated rings. The monoisotopic (exact) mass is 377 g/mol. The van der Waals surface area contributed by atoms with Gasteiger partial charge in [0.05, 0.1) is 0 Å². The summed E-state index contributed by atoms with van der Waals surface area (Å²) in [7, 11) is 0. The molecule has 0 unspecified atom stereocenters. The van der Waals surface area contributed by atoms with Gasteiger partial charge in [-0.25, -0.2) is 4.79 Å². The summed E-state index contributed by atoms with van der Waals surface area (Å²) in [5.74, 6) is -0.00578. The van der Waals surface area contributed by atoms with E-state index in [4.69, 9.17) is 14.2 Å². The number of para-hydroxylation sites is 2. The van der Waals surface area contributed by atoms with Crippen LogP contribution in [-0.2, 0) is 14.3 Å². The Morgan fingerprint density at radius 2 is 1.71 bits per heavy atom. The van der Waals surface area contributed by atoms with Gasteiger partial charge in [-0.15, -0.1) is 0 Å². The van der Waals surface area contributed by atoms with Crippen LogP contribution in [0.5, 0.6) is 11.5 Å². The van der Waals surface area contributed by atoms with Crippen LogP contribution >= 0.6 is 0 Å². The molecule has 142 valence electrons. The second-order valence-corrected chi connectivity index (χ2v) is 6.46. The van der Waals surface area contributed by atoms with E-state index in [1.54, 1.807) is 18.2 Å². The van der Waals surface area contributed by atoms with Crippen LogP contribution in [-0.4, -0.2) is 30.7 Å². The summed E-state index contributed by atoms with van der Waals surface area (Å²) in [6.07, 6.45) is -1.89. The van der Waals surface area contributed by atoms with Crippen LogP contribution in [0.3, 0.4) is 0 Å². The van der Waals surface area contributed by atoms with Gasteiger partial charge in [-0.05, 0) is 30.5 Å². The van der Waals surface area contributed by atoms with Crippen molar-refractivity contribution in [1.29, 1.82) is 0 Å². The summed E-state index contributed by atoms with van der Waals surface area (Å²) in [6.45, 7) is 1.56. The summed E-state index contributed by atoms with van der Waals surface area (Å²) < 4.78 is 16.4. The number of ether oxygens (including phenoxy) is 3. The van der Waals surface area contributed by atoms with Crippen molar-refractivity contribution >= 4 is 28.3 Å². The number of fused-ring (bicyclic) bond motifs is 2. The van der Waals surface area contributed by atoms with E-state index in [9.17, 15) is 9.59 Å². The summed E-state index contributed by atoms with van der Waals surface area (Å²) in [6, 6.07) is 20.4. The van der Waals surface area contributed by atoms with Crippen molar-refractivity contribution in [2.24, 2.45) is 0 Å². The lowest BCUT2D eigenvalue weighted by molar-refractivity contribution is -0.162. The maximum atomic E-state index is 12.5. The van der Waals surface area contributed by atoms with E-state index in [-0.39, 0.29) is 6.61 Å². The molecule has 1 aliphatic heterocycles. The first-order chi connectivity index (χ1) is 13.6. The fourth-order valence-corrected chi connectivity index (χ4v) is 3.01. The summed E-state index contributed by atoms with van der Waals surface area (Å²) in [5, 5.41) is 4.75. The Hall–Kier alpha value is -3.54. The molecule has 1 aliphatic rings. The van der Waals surface area contributed by atoms with Gasteiger partial charge in [0.1, 0.15) is 6.61 Å². The zero-order valence-corrected chi connectivity index (χ0v) is 15.3. The van der Waals surface area contributed by atoms with Gasteiger partial charge in [0, 0.05) is 11.1 Å². The zero-order valence-electron chi connectivity index (χ0n) is 15.3. The average molecular weight is 377 g/mol. The highest BCUT2D eigenvalue weighted by Gasteiger charge is 2.31. The molecule has 0 saturated heterocycles. The molecule has 6 heteroatoms. The van der Waals surface area contributed by atoms with E-state index in [1.165, 1.54) is 6.92 Å². The lowest BCUT2D eigenvalue weighted by Crippen LogP contribution is -2.41. The molecule has 1 amide bonds. The Labute approximate surface area is 162 Å². The van der Waals surface area contributed by atoms with Gasteiger partial charge in [-0.2, -0.15) is 0 Å². The molecule has 0 spiro atoms. The van der Waals surface area contributed by atoms with Crippen LogP contribution < -0.4 is 14.8 Å². The molecule has 3 aromatic carbocycles. The Morgan fingerprint density at radius 3 is 2.57 bits per heavy atom. The van der Waals surface area contributed by atoms with Gasteiger partial charge >= 0.3 is 5.97 Å². The number of nitrogens with one attached hydrogen (secondary N) is 1. The van der Waals surface area contributed by atoms with Crippen LogP contribution in [0.15, 0.2) is 66.7 Å². The molecule has 1 heterocycles. The normalized spacial score (nSPS) is 16.2. The number of carbonyl (C=O) groups excluding carboxylic acids is 2. The SMILES string of the molecule is C[C@@H](OC(=O)[C@@H]1COc2ccccc2O1)C(=O)Nc1cccc2ccccc12. The summed E-state index contributed by atoms with van der Waals surface area (Å²) in [5.41, 5.74) is 0.664. The number of rotatable bonds is 4. The third-order valence-corrected chi connectivity index (χ3v) is 4.48. The number of hydrogen-bond acceptors (Lipinski definition) is 5. The van der Waals surface area contributed by atoms with E-state index in [1.807, 2.05) is 48.5 Å². The molecule has 2 atom stereocenters. The van der Waals surface area contributed by atoms with E-state index >= 15 is 0 Å². The van der Waals surface area contributed by atoms with Crippen molar-refractivity contribution < 1.29 is 23.8 Å². The topological polar surface area (TPSA) is 73.9 Å². The Balaban J connectivity index is 1.40. The van der Waals surface area contributed by atoms with Crippen molar-refractivity contribution in [3.05, 3.63) is 66.7 Å². The number of carbonyl (C=O) groups is 2. The van der Waals surface area contributed by atoms with Crippen LogP contribution in [0, 0.1) is 0 Å². The van der Waals surface area contributed by atoms with E-state index in [0.29, 0.717) is 17.2 Å². The zero-order chi connectivity index (χ0) is 19.5. The number of anilines is 1. The minimum atomic E-state index is -0.979. The lowest BCUT2D eigenvalue weighted by Gasteiger charge is -2.26. The molecule has 0 radical (unpaired) electrons. The van der Waals surface area contributed by atoms with E-state index in [0.717, 1.165) is 10.8 Å². The standard InChI is InChI=1S/C22H19NO5/c1-14(21(24)23-17-10-6-8-15-7-2-3-9-16(15)17)27-22(25)20-13-26-18-11-4-5-12-19(18)28-20/h2-12,14,20H,13H2,1H3,(H,23,24)/t14-,20+/m1/s1. The molecule has 0 saturated carbocycles. The Kier molecular flexibility index (Phi) is 4.85. The third kappa shape index (κ3) is 3.62. The second kappa shape index (κ2) is 7.60. The lowest BCUT2D eigenvalue weighted by atomic mass is 10.1. The van der Waals surface area contributed by atoms with Gasteiger partial charge < -0.3 is 19.5 Å². The summed E-state index contributed by atoms with van der Waals surface area (Å²) in [4.78, 5) is 24.9. The largest absolute Gasteiger partial charge is 0.485 e. The first-order valence-corrected chi connectivity index (χ1v) is 8.99. The first kappa shape index (κ1) is 17.9. The van der Waals surface area contributed by atoms with Crippen LogP contribution in [0.25, 0.3) is 10.8 Å². The Morgan fingerprint density at radius 1 is 1.00 bits per heavy atom. The maximum absolute atomic E-state index is 12.5. The molecule has 0 aliphatic carbocycles. The van der Waals surface area contributed by atoms with Gasteiger partial charge in [-0.1, -0.05) is 48.5 Å². The summed E-state index contributed by atoms with van der Waals surface area (Å²) >= 11 is 0. The molecule has 0 aromatic heterocycles. The van der Waals surface area contributed by atoms with E-state index in [2.05, 4.69) is 5.32 Å². The highest BCUT2D eigenvalue weighted by atomic mass is 16.6. The van der Waals surface area contributed by atoms with Crippen LogP contribution in [0.4, 0.5) is 5.69 Å². The first-order valence-electron chi connectivity index (χ1n) is 8.99. The smallest absolute Gasteiger partial charge is 0.351 e. The van der Waals surface area contributed by atoms with Gasteiger partial charge in [-0.3, -0.25) is 4.79 Å². The molecule has 4 rings (SSSR count). The van der Waals surface area contributed by atoms with Crippen molar-refractivity contribution in [1.82, 2.24) is 0 Å². The molecule has 0 bridgehead atoms. The minimum absolute atomic E-state index is 0.0352. The van der Waals surface area contributed by atoms with Gasteiger partial charge in [0.2, 0.25) is 6.10 Å². The molecular formula is C22H19NO5. The second-order valence-electron chi connectivity index (χ2n) is 6.46. The fraction of sp³-hybridized carbons (Fsp3) is 0.182. The van der Waals surface area contributed by atoms with Gasteiger partial charge in [0.25, 0.3) is 5.91 Å². The fourth-order valence-electron chi connectivity index (χ4n) is 3.01. The molecule has 28 heavy (non-hydrogen) atoms. The van der Waals surface area contributed by atoms with Crippen molar-refractivity contribution in [2.75, 3.05) is 11.9 Å². The van der Waals surface area contributed by atoms with E-state index < -0.39 is 24.1 Å². The quantitative estimate of drug-likeness (QED) is 0.704. The minimum Gasteiger partial charge on any atom is -0.485 e. The molecule has 3 aromatic rings. The van der Waals surface area contributed by atoms with Crippen molar-refractivity contribution in [3.8, 4) is 11.5 Å². The maximum Gasteiger partial charge on any atom is 0.351 e. The predicted octanol–water partition coefficient (Wildman–Crippen LogP) is 3.55. The molecule has 1 N–H and O–H groups in total. The molecular weight excluding hydrogens is 358 g/mol. The number of amides is 1. The van der Waals surface area contributed by atoms with Gasteiger partial charge in [0.15, 0.2) is 17.6 Å². The highest BCUT2D eigenvalue weighted by molar-refractivity contribution is 6.03. The predicted molar refractivity (Wildman–Crippen MR) is 104 cm³/mol. The van der Waals surface area contributed by atoms with Crippen LogP contribution in [0.1, 0.15) is 6.92 Å². The van der Waals surface area contributed by atoms with Crippen molar-refractivity contribution in [2.45, 2.75) is 19.1 Å². The van der Waals surface area contributed by atoms with Crippen molar-refractivity contribution in [3.63, 3.8) is 0 Å².